The van der Waals surface area contributed by atoms with Gasteiger partial charge in [-0.25, -0.2) is 4.57 Å². The van der Waals surface area contributed by atoms with Gasteiger partial charge in [0.05, 0.1) is 33.0 Å². The Morgan fingerprint density at radius 3 is 2.24 bits per heavy atom. The average molecular weight is 496 g/mol. The number of hydrogen-bond acceptors (Lipinski definition) is 8. The van der Waals surface area contributed by atoms with Crippen molar-refractivity contribution in [2.75, 3.05) is 28.4 Å². The smallest absolute Gasteiger partial charge is 0.497 e. The third kappa shape index (κ3) is 6.08. The Morgan fingerprint density at radius 2 is 1.62 bits per heavy atom. The van der Waals surface area contributed by atoms with Crippen molar-refractivity contribution in [3.8, 4) is 23.0 Å². The van der Waals surface area contributed by atoms with E-state index in [9.17, 15) is 9.36 Å². The van der Waals surface area contributed by atoms with Gasteiger partial charge in [0.2, 0.25) is 5.75 Å². The summed E-state index contributed by atoms with van der Waals surface area (Å²) in [6, 6.07) is 10.0. The maximum Gasteiger partial charge on any atom is 0.505 e. The number of benzene rings is 2. The fourth-order valence-electron chi connectivity index (χ4n) is 4.31. The summed E-state index contributed by atoms with van der Waals surface area (Å²) in [5.74, 6) is 0.414. The summed E-state index contributed by atoms with van der Waals surface area (Å²) >= 11 is 0. The summed E-state index contributed by atoms with van der Waals surface area (Å²) in [5.41, 5.74) is 1.13. The quantitative estimate of drug-likeness (QED) is 0.216. The van der Waals surface area contributed by atoms with E-state index in [2.05, 4.69) is 4.67 Å². The summed E-state index contributed by atoms with van der Waals surface area (Å²) in [6.45, 7) is 0. The number of Topliss-reactive ketones (excluding diaryl/α,β-unsaturated/α-hetero) is 1. The van der Waals surface area contributed by atoms with E-state index in [-0.39, 0.29) is 29.3 Å². The van der Waals surface area contributed by atoms with Crippen LogP contribution in [0.4, 0.5) is 0 Å². The van der Waals surface area contributed by atoms with Gasteiger partial charge in [-0.2, -0.15) is 0 Å². The zero-order valence-electron chi connectivity index (χ0n) is 19.4. The highest BCUT2D eigenvalue weighted by Gasteiger charge is 2.38. The standard InChI is InChI=1S/C23H29O10P/c1-28-15-6-8-17(23(24)19-13-16(29-2)7-10-20(19)30-3)18(12-15)14-5-9-21(31-4)22(11-14)32-33-34(25,26)27/h5,7,9-11,13,15,17-18H,6,8,12H2,1-4H3,(H2,25,26,27). The van der Waals surface area contributed by atoms with E-state index >= 15 is 0 Å². The maximum absolute atomic E-state index is 13.7. The summed E-state index contributed by atoms with van der Waals surface area (Å²) in [6.07, 6.45) is 1.78. The molecule has 1 aliphatic carbocycles. The highest BCUT2D eigenvalue weighted by molar-refractivity contribution is 7.46. The molecule has 0 aliphatic heterocycles. The Balaban J connectivity index is 2.00. The van der Waals surface area contributed by atoms with Gasteiger partial charge in [0, 0.05) is 13.0 Å². The van der Waals surface area contributed by atoms with Crippen molar-refractivity contribution in [2.45, 2.75) is 31.3 Å². The van der Waals surface area contributed by atoms with Crippen molar-refractivity contribution in [3.05, 3.63) is 47.5 Å². The minimum Gasteiger partial charge on any atom is -0.497 e. The van der Waals surface area contributed by atoms with Crippen LogP contribution in [0.3, 0.4) is 0 Å². The summed E-state index contributed by atoms with van der Waals surface area (Å²) in [4.78, 5) is 36.6. The Bertz CT molecular complexity index is 1050. The van der Waals surface area contributed by atoms with Gasteiger partial charge in [-0.15, -0.1) is 0 Å². The van der Waals surface area contributed by atoms with Crippen LogP contribution in [0, 0.1) is 5.92 Å². The summed E-state index contributed by atoms with van der Waals surface area (Å²) in [7, 11) is 1.17. The molecule has 10 nitrogen and oxygen atoms in total. The van der Waals surface area contributed by atoms with Gasteiger partial charge in [0.25, 0.3) is 0 Å². The predicted molar refractivity (Wildman–Crippen MR) is 122 cm³/mol. The molecule has 186 valence electrons. The fourth-order valence-corrected chi connectivity index (χ4v) is 4.49. The van der Waals surface area contributed by atoms with Crippen LogP contribution < -0.4 is 19.1 Å². The molecule has 34 heavy (non-hydrogen) atoms. The number of carbonyl (C=O) groups excluding carboxylic acids is 1. The molecule has 0 saturated heterocycles. The first-order valence-corrected chi connectivity index (χ1v) is 12.1. The zero-order valence-corrected chi connectivity index (χ0v) is 20.3. The molecule has 3 unspecified atom stereocenters. The molecular weight excluding hydrogens is 467 g/mol. The molecule has 0 bridgehead atoms. The van der Waals surface area contributed by atoms with Crippen molar-refractivity contribution in [3.63, 3.8) is 0 Å². The Kier molecular flexibility index (Phi) is 8.57. The third-order valence-electron chi connectivity index (χ3n) is 5.98. The van der Waals surface area contributed by atoms with E-state index in [0.717, 1.165) is 0 Å². The van der Waals surface area contributed by atoms with Crippen molar-refractivity contribution in [1.29, 1.82) is 0 Å². The SMILES string of the molecule is COc1ccc(OC)c(C(=O)C2CCC(OC)CC2c2ccc(OC)c(OOP(=O)(O)O)c2)c1. The van der Waals surface area contributed by atoms with Crippen molar-refractivity contribution in [2.24, 2.45) is 5.92 Å². The number of phosphoric acid groups is 1. The number of ether oxygens (including phenoxy) is 4. The van der Waals surface area contributed by atoms with Crippen LogP contribution in [-0.2, 0) is 14.0 Å². The summed E-state index contributed by atoms with van der Waals surface area (Å²) < 4.78 is 36.8. The molecular formula is C23H29O10P. The molecule has 0 radical (unpaired) electrons. The maximum atomic E-state index is 13.7. The second-order valence-corrected chi connectivity index (χ2v) is 9.00. The van der Waals surface area contributed by atoms with E-state index in [1.54, 1.807) is 43.5 Å². The van der Waals surface area contributed by atoms with Crippen LogP contribution in [0.1, 0.15) is 41.1 Å². The van der Waals surface area contributed by atoms with Crippen LogP contribution in [-0.4, -0.2) is 50.1 Å². The normalized spacial score (nSPS) is 20.5. The molecule has 1 aliphatic rings. The van der Waals surface area contributed by atoms with E-state index in [4.69, 9.17) is 33.6 Å². The molecule has 11 heteroatoms. The molecule has 2 aromatic carbocycles. The zero-order chi connectivity index (χ0) is 24.9. The molecule has 1 saturated carbocycles. The van der Waals surface area contributed by atoms with Crippen LogP contribution in [0.15, 0.2) is 36.4 Å². The minimum atomic E-state index is -4.89. The minimum absolute atomic E-state index is 0.0203. The van der Waals surface area contributed by atoms with Crippen molar-refractivity contribution in [1.82, 2.24) is 0 Å². The van der Waals surface area contributed by atoms with Crippen LogP contribution in [0.25, 0.3) is 0 Å². The Labute approximate surface area is 197 Å². The molecule has 0 amide bonds. The van der Waals surface area contributed by atoms with Crippen LogP contribution in [0.2, 0.25) is 0 Å². The van der Waals surface area contributed by atoms with Crippen LogP contribution >= 0.6 is 7.82 Å². The fraction of sp³-hybridized carbons (Fsp3) is 0.435. The first-order chi connectivity index (χ1) is 16.2. The monoisotopic (exact) mass is 496 g/mol. The lowest BCUT2D eigenvalue weighted by atomic mass is 9.71. The number of methoxy groups -OCH3 is 4. The molecule has 1 fully saturated rings. The van der Waals surface area contributed by atoms with E-state index < -0.39 is 13.7 Å². The first kappa shape index (κ1) is 26.0. The lowest BCUT2D eigenvalue weighted by Crippen LogP contribution is -2.32. The molecule has 0 spiro atoms. The lowest BCUT2D eigenvalue weighted by Gasteiger charge is -2.35. The van der Waals surface area contributed by atoms with Gasteiger partial charge >= 0.3 is 7.82 Å². The third-order valence-corrected chi connectivity index (χ3v) is 6.25. The predicted octanol–water partition coefficient (Wildman–Crippen LogP) is 3.90. The van der Waals surface area contributed by atoms with Gasteiger partial charge in [0.1, 0.15) is 11.5 Å². The molecule has 3 rings (SSSR count). The van der Waals surface area contributed by atoms with Gasteiger partial charge in [-0.05, 0) is 61.1 Å². The number of ketones is 1. The second-order valence-electron chi connectivity index (χ2n) is 7.87. The molecule has 2 aromatic rings. The summed E-state index contributed by atoms with van der Waals surface area (Å²) in [5, 5.41) is 0. The Hall–Kier alpha value is -2.62. The largest absolute Gasteiger partial charge is 0.505 e. The molecule has 3 atom stereocenters. The number of carbonyl (C=O) groups is 1. The molecule has 0 aromatic heterocycles. The number of hydrogen-bond donors (Lipinski definition) is 2. The van der Waals surface area contributed by atoms with E-state index in [0.29, 0.717) is 41.9 Å². The highest BCUT2D eigenvalue weighted by atomic mass is 31.2. The molecule has 0 heterocycles. The van der Waals surface area contributed by atoms with E-state index in [1.165, 1.54) is 21.3 Å². The van der Waals surface area contributed by atoms with E-state index in [1.807, 2.05) is 0 Å². The topological polar surface area (TPSA) is 130 Å². The highest BCUT2D eigenvalue weighted by Crippen LogP contribution is 2.45. The molecule has 2 N–H and O–H groups in total. The lowest BCUT2D eigenvalue weighted by molar-refractivity contribution is -0.124. The first-order valence-electron chi connectivity index (χ1n) is 10.6. The van der Waals surface area contributed by atoms with Crippen LogP contribution in [0.5, 0.6) is 23.0 Å². The Morgan fingerprint density at radius 1 is 0.912 bits per heavy atom. The van der Waals surface area contributed by atoms with Gasteiger partial charge in [-0.3, -0.25) is 4.79 Å². The number of rotatable bonds is 10. The van der Waals surface area contributed by atoms with Gasteiger partial charge in [0.15, 0.2) is 11.5 Å². The van der Waals surface area contributed by atoms with Crippen molar-refractivity contribution >= 4 is 13.6 Å². The van der Waals surface area contributed by atoms with Gasteiger partial charge < -0.3 is 33.6 Å². The van der Waals surface area contributed by atoms with Gasteiger partial charge in [-0.1, -0.05) is 10.7 Å². The average Bonchev–Trinajstić information content (AvgIpc) is 2.85. The van der Waals surface area contributed by atoms with Crippen molar-refractivity contribution < 1.29 is 47.7 Å². The second kappa shape index (κ2) is 11.2.